The van der Waals surface area contributed by atoms with Gasteiger partial charge in [-0.05, 0) is 12.1 Å². The van der Waals surface area contributed by atoms with Gasteiger partial charge in [0.2, 0.25) is 0 Å². The predicted octanol–water partition coefficient (Wildman–Crippen LogP) is 1.12. The molecule has 2 rings (SSSR count). The Balaban J connectivity index is 2.38. The van der Waals surface area contributed by atoms with E-state index < -0.39 is 5.82 Å². The Labute approximate surface area is 93.0 Å². The van der Waals surface area contributed by atoms with E-state index >= 15 is 0 Å². The molecule has 0 aliphatic carbocycles. The zero-order valence-corrected chi connectivity index (χ0v) is 8.74. The Morgan fingerprint density at radius 2 is 2.06 bits per heavy atom. The molecule has 0 saturated carbocycles. The highest BCUT2D eigenvalue weighted by Gasteiger charge is 2.16. The van der Waals surface area contributed by atoms with Crippen LogP contribution in [0, 0.1) is 17.1 Å². The normalized spacial score (nSPS) is 15.9. The number of hydrogen-bond acceptors (Lipinski definition) is 4. The maximum Gasteiger partial charge on any atom is 0.147 e. The standard InChI is InChI=1S/C11H12FN3O/c12-9-5-8(7-13)11(6-10(9)14)15-1-3-16-4-2-15/h5-6H,1-4,14H2. The average molecular weight is 221 g/mol. The van der Waals surface area contributed by atoms with Gasteiger partial charge in [0, 0.05) is 13.1 Å². The minimum absolute atomic E-state index is 0.0699. The molecule has 1 heterocycles. The summed E-state index contributed by atoms with van der Waals surface area (Å²) in [5.41, 5.74) is 6.58. The molecule has 1 saturated heterocycles. The van der Waals surface area contributed by atoms with Gasteiger partial charge in [0.15, 0.2) is 0 Å². The van der Waals surface area contributed by atoms with Gasteiger partial charge in [0.25, 0.3) is 0 Å². The summed E-state index contributed by atoms with van der Waals surface area (Å²) < 4.78 is 18.4. The molecule has 1 fully saturated rings. The second kappa shape index (κ2) is 4.37. The van der Waals surface area contributed by atoms with Crippen molar-refractivity contribution in [3.63, 3.8) is 0 Å². The topological polar surface area (TPSA) is 62.3 Å². The van der Waals surface area contributed by atoms with Crippen molar-refractivity contribution < 1.29 is 9.13 Å². The molecule has 1 aliphatic rings. The molecule has 16 heavy (non-hydrogen) atoms. The third-order valence-corrected chi connectivity index (χ3v) is 2.59. The molecule has 0 unspecified atom stereocenters. The number of nitrogen functional groups attached to an aromatic ring is 1. The molecule has 2 N–H and O–H groups in total. The lowest BCUT2D eigenvalue weighted by Crippen LogP contribution is -2.36. The molecule has 4 nitrogen and oxygen atoms in total. The Morgan fingerprint density at radius 1 is 1.38 bits per heavy atom. The van der Waals surface area contributed by atoms with Crippen LogP contribution in [-0.4, -0.2) is 26.3 Å². The fourth-order valence-corrected chi connectivity index (χ4v) is 1.73. The highest BCUT2D eigenvalue weighted by Crippen LogP contribution is 2.26. The second-order valence-electron chi connectivity index (χ2n) is 3.60. The SMILES string of the molecule is N#Cc1cc(F)c(N)cc1N1CCOCC1. The summed E-state index contributed by atoms with van der Waals surface area (Å²) in [7, 11) is 0. The van der Waals surface area contributed by atoms with Gasteiger partial charge >= 0.3 is 0 Å². The van der Waals surface area contributed by atoms with Gasteiger partial charge in [-0.1, -0.05) is 0 Å². The van der Waals surface area contributed by atoms with Crippen molar-refractivity contribution in [3.8, 4) is 6.07 Å². The van der Waals surface area contributed by atoms with E-state index in [-0.39, 0.29) is 5.69 Å². The van der Waals surface area contributed by atoms with Crippen LogP contribution in [0.2, 0.25) is 0 Å². The van der Waals surface area contributed by atoms with Crippen molar-refractivity contribution in [2.45, 2.75) is 0 Å². The number of ether oxygens (including phenoxy) is 1. The molecule has 1 aromatic carbocycles. The van der Waals surface area contributed by atoms with Crippen LogP contribution >= 0.6 is 0 Å². The molecule has 0 spiro atoms. The molecular weight excluding hydrogens is 209 g/mol. The third kappa shape index (κ3) is 1.92. The van der Waals surface area contributed by atoms with Gasteiger partial charge in [-0.2, -0.15) is 5.26 Å². The van der Waals surface area contributed by atoms with E-state index in [1.165, 1.54) is 12.1 Å². The monoisotopic (exact) mass is 221 g/mol. The Morgan fingerprint density at radius 3 is 2.69 bits per heavy atom. The predicted molar refractivity (Wildman–Crippen MR) is 58.6 cm³/mol. The van der Waals surface area contributed by atoms with Gasteiger partial charge in [-0.3, -0.25) is 0 Å². The van der Waals surface area contributed by atoms with Gasteiger partial charge in [-0.15, -0.1) is 0 Å². The smallest absolute Gasteiger partial charge is 0.147 e. The van der Waals surface area contributed by atoms with E-state index in [0.717, 1.165) is 0 Å². The number of rotatable bonds is 1. The van der Waals surface area contributed by atoms with Crippen LogP contribution in [0.15, 0.2) is 12.1 Å². The fourth-order valence-electron chi connectivity index (χ4n) is 1.73. The minimum atomic E-state index is -0.548. The van der Waals surface area contributed by atoms with Crippen LogP contribution in [0.1, 0.15) is 5.56 Å². The molecule has 0 atom stereocenters. The van der Waals surface area contributed by atoms with Crippen molar-refractivity contribution in [1.82, 2.24) is 0 Å². The van der Waals surface area contributed by atoms with Crippen LogP contribution in [0.5, 0.6) is 0 Å². The number of nitriles is 1. The molecule has 0 amide bonds. The second-order valence-corrected chi connectivity index (χ2v) is 3.60. The van der Waals surface area contributed by atoms with Crippen molar-refractivity contribution in [1.29, 1.82) is 5.26 Å². The molecule has 84 valence electrons. The van der Waals surface area contributed by atoms with Gasteiger partial charge in [0.05, 0.1) is 30.2 Å². The lowest BCUT2D eigenvalue weighted by atomic mass is 10.1. The molecule has 1 aromatic rings. The third-order valence-electron chi connectivity index (χ3n) is 2.59. The summed E-state index contributed by atoms with van der Waals surface area (Å²) in [4.78, 5) is 1.98. The maximum absolute atomic E-state index is 13.2. The molecular formula is C11H12FN3O. The van der Waals surface area contributed by atoms with E-state index in [2.05, 4.69) is 0 Å². The van der Waals surface area contributed by atoms with Crippen LogP contribution in [0.25, 0.3) is 0 Å². The molecule has 0 aromatic heterocycles. The lowest BCUT2D eigenvalue weighted by molar-refractivity contribution is 0.122. The first kappa shape index (κ1) is 10.7. The van der Waals surface area contributed by atoms with Crippen molar-refractivity contribution in [2.75, 3.05) is 36.9 Å². The zero-order valence-electron chi connectivity index (χ0n) is 8.74. The van der Waals surface area contributed by atoms with Gasteiger partial charge < -0.3 is 15.4 Å². The lowest BCUT2D eigenvalue weighted by Gasteiger charge is -2.29. The summed E-state index contributed by atoms with van der Waals surface area (Å²) in [6.07, 6.45) is 0. The van der Waals surface area contributed by atoms with E-state index in [0.29, 0.717) is 37.6 Å². The molecule has 0 radical (unpaired) electrons. The van der Waals surface area contributed by atoms with Crippen LogP contribution in [0.3, 0.4) is 0 Å². The first-order valence-corrected chi connectivity index (χ1v) is 5.04. The van der Waals surface area contributed by atoms with Crippen molar-refractivity contribution >= 4 is 11.4 Å². The number of nitrogens with two attached hydrogens (primary N) is 1. The van der Waals surface area contributed by atoms with Gasteiger partial charge in [-0.25, -0.2) is 4.39 Å². The summed E-state index contributed by atoms with van der Waals surface area (Å²) in [5, 5.41) is 8.95. The summed E-state index contributed by atoms with van der Waals surface area (Å²) in [6, 6.07) is 4.68. The van der Waals surface area contributed by atoms with E-state index in [1.807, 2.05) is 11.0 Å². The average Bonchev–Trinajstić information content (AvgIpc) is 2.33. The number of anilines is 2. The van der Waals surface area contributed by atoms with Crippen LogP contribution < -0.4 is 10.6 Å². The highest BCUT2D eigenvalue weighted by atomic mass is 19.1. The van der Waals surface area contributed by atoms with Crippen LogP contribution in [-0.2, 0) is 4.74 Å². The molecule has 0 bridgehead atoms. The quantitative estimate of drug-likeness (QED) is 0.722. The fraction of sp³-hybridized carbons (Fsp3) is 0.364. The number of hydrogen-bond donors (Lipinski definition) is 1. The summed E-state index contributed by atoms with van der Waals surface area (Å²) >= 11 is 0. The Bertz CT molecular complexity index is 436. The minimum Gasteiger partial charge on any atom is -0.396 e. The van der Waals surface area contributed by atoms with Crippen molar-refractivity contribution in [2.24, 2.45) is 0 Å². The van der Waals surface area contributed by atoms with Crippen molar-refractivity contribution in [3.05, 3.63) is 23.5 Å². The molecule has 1 aliphatic heterocycles. The number of benzene rings is 1. The Hall–Kier alpha value is -1.80. The van der Waals surface area contributed by atoms with E-state index in [1.54, 1.807) is 0 Å². The zero-order chi connectivity index (χ0) is 11.5. The number of halogens is 1. The van der Waals surface area contributed by atoms with E-state index in [9.17, 15) is 4.39 Å². The summed E-state index contributed by atoms with van der Waals surface area (Å²) in [6.45, 7) is 2.61. The van der Waals surface area contributed by atoms with E-state index in [4.69, 9.17) is 15.7 Å². The first-order chi connectivity index (χ1) is 7.72. The number of morpholine rings is 1. The largest absolute Gasteiger partial charge is 0.396 e. The first-order valence-electron chi connectivity index (χ1n) is 5.04. The summed E-state index contributed by atoms with van der Waals surface area (Å²) in [5.74, 6) is -0.548. The van der Waals surface area contributed by atoms with Crippen LogP contribution in [0.4, 0.5) is 15.8 Å². The number of nitrogens with zero attached hydrogens (tertiary/aromatic N) is 2. The maximum atomic E-state index is 13.2. The molecule has 5 heteroatoms. The van der Waals surface area contributed by atoms with Gasteiger partial charge in [0.1, 0.15) is 11.9 Å². The Kier molecular flexibility index (Phi) is 2.93. The highest BCUT2D eigenvalue weighted by molar-refractivity contribution is 5.66.